The van der Waals surface area contributed by atoms with Gasteiger partial charge in [0.15, 0.2) is 0 Å². The van der Waals surface area contributed by atoms with E-state index in [0.717, 1.165) is 17.7 Å². The van der Waals surface area contributed by atoms with Crippen LogP contribution in [0.1, 0.15) is 64.7 Å². The van der Waals surface area contributed by atoms with Gasteiger partial charge in [-0.3, -0.25) is 24.6 Å². The van der Waals surface area contributed by atoms with Gasteiger partial charge in [-0.25, -0.2) is 4.79 Å². The molecule has 2 aromatic rings. The molecule has 4 heterocycles. The third kappa shape index (κ3) is 5.56. The minimum Gasteiger partial charge on any atom is -0.453 e. The van der Waals surface area contributed by atoms with E-state index >= 15 is 0 Å². The van der Waals surface area contributed by atoms with E-state index in [1.54, 1.807) is 17.0 Å². The molecule has 0 bridgehead atoms. The van der Waals surface area contributed by atoms with Gasteiger partial charge >= 0.3 is 12.3 Å². The van der Waals surface area contributed by atoms with Crippen LogP contribution in [-0.2, 0) is 39.2 Å². The van der Waals surface area contributed by atoms with Crippen molar-refractivity contribution in [2.45, 2.75) is 63.0 Å². The number of hydrogen-bond donors (Lipinski definition) is 2. The molecule has 2 atom stereocenters. The Balaban J connectivity index is 1.27. The standard InChI is InChI=1S/C32H35F3N4O6/c1-45-29(43)38-14-10-30(11-15-38)19-37(17-20-2-4-22(5-3-20)32(33,34)35)13-12-31(30,44)23-6-7-24-21(16-23)18-39(28(24)42)25-8-9-26(40)36-27(25)41/h2-7,16,25,44H,8-15,17-19H2,1H3,(H,36,40,41). The summed E-state index contributed by atoms with van der Waals surface area (Å²) < 4.78 is 44.2. The monoisotopic (exact) mass is 628 g/mol. The van der Waals surface area contributed by atoms with Crippen molar-refractivity contribution >= 4 is 23.8 Å². The van der Waals surface area contributed by atoms with Crippen molar-refractivity contribution in [2.24, 2.45) is 5.41 Å². The first-order chi connectivity index (χ1) is 21.3. The van der Waals surface area contributed by atoms with Gasteiger partial charge in [-0.1, -0.05) is 24.3 Å². The lowest BCUT2D eigenvalue weighted by Crippen LogP contribution is -2.61. The van der Waals surface area contributed by atoms with Gasteiger partial charge in [0.1, 0.15) is 6.04 Å². The second-order valence-electron chi connectivity index (χ2n) is 12.5. The van der Waals surface area contributed by atoms with Crippen LogP contribution in [0.3, 0.4) is 0 Å². The lowest BCUT2D eigenvalue weighted by Gasteiger charge is -2.57. The summed E-state index contributed by atoms with van der Waals surface area (Å²) in [5, 5.41) is 14.9. The van der Waals surface area contributed by atoms with Gasteiger partial charge in [-0.15, -0.1) is 0 Å². The largest absolute Gasteiger partial charge is 0.453 e. The summed E-state index contributed by atoms with van der Waals surface area (Å²) in [7, 11) is 1.32. The number of ether oxygens (including phenoxy) is 1. The number of nitrogens with zero attached hydrogens (tertiary/aromatic N) is 3. The fraction of sp³-hybridized carbons (Fsp3) is 0.500. The number of carbonyl (C=O) groups is 4. The number of imide groups is 1. The number of carbonyl (C=O) groups excluding carboxylic acids is 4. The number of likely N-dealkylation sites (tertiary alicyclic amines) is 2. The van der Waals surface area contributed by atoms with Crippen LogP contribution in [0.5, 0.6) is 0 Å². The van der Waals surface area contributed by atoms with Crippen molar-refractivity contribution < 1.29 is 42.2 Å². The molecule has 4 amide bonds. The Labute approximate surface area is 258 Å². The second-order valence-corrected chi connectivity index (χ2v) is 12.5. The molecule has 10 nitrogen and oxygen atoms in total. The summed E-state index contributed by atoms with van der Waals surface area (Å²) in [6.45, 7) is 2.20. The van der Waals surface area contributed by atoms with Crippen LogP contribution in [0, 0.1) is 5.41 Å². The van der Waals surface area contributed by atoms with E-state index in [1.807, 2.05) is 6.07 Å². The van der Waals surface area contributed by atoms with E-state index in [4.69, 9.17) is 4.74 Å². The van der Waals surface area contributed by atoms with Gasteiger partial charge in [0.05, 0.1) is 18.3 Å². The Morgan fingerprint density at radius 1 is 1.04 bits per heavy atom. The van der Waals surface area contributed by atoms with E-state index in [2.05, 4.69) is 10.2 Å². The van der Waals surface area contributed by atoms with Crippen molar-refractivity contribution in [2.75, 3.05) is 33.3 Å². The lowest BCUT2D eigenvalue weighted by molar-refractivity contribution is -0.164. The van der Waals surface area contributed by atoms with E-state index in [0.29, 0.717) is 68.7 Å². The molecule has 6 rings (SSSR count). The molecule has 2 N–H and O–H groups in total. The van der Waals surface area contributed by atoms with Gasteiger partial charge in [0.25, 0.3) is 5.91 Å². The molecular formula is C32H35F3N4O6. The fourth-order valence-corrected chi connectivity index (χ4v) is 7.52. The topological polar surface area (TPSA) is 119 Å². The molecule has 2 aromatic carbocycles. The van der Waals surface area contributed by atoms with Crippen molar-refractivity contribution in [3.63, 3.8) is 0 Å². The highest BCUT2D eigenvalue weighted by Gasteiger charge is 2.56. The molecule has 3 fully saturated rings. The van der Waals surface area contributed by atoms with Gasteiger partial charge in [0, 0.05) is 56.7 Å². The lowest BCUT2D eigenvalue weighted by atomic mass is 9.59. The minimum absolute atomic E-state index is 0.148. The first-order valence-electron chi connectivity index (χ1n) is 15.1. The van der Waals surface area contributed by atoms with E-state index < -0.39 is 40.8 Å². The zero-order valence-electron chi connectivity index (χ0n) is 24.9. The van der Waals surface area contributed by atoms with Gasteiger partial charge in [-0.05, 0) is 60.6 Å². The number of aliphatic hydroxyl groups is 1. The molecule has 13 heteroatoms. The molecule has 1 spiro atoms. The molecule has 0 aromatic heterocycles. The summed E-state index contributed by atoms with van der Waals surface area (Å²) in [6.07, 6.45) is -3.23. The molecule has 45 heavy (non-hydrogen) atoms. The third-order valence-corrected chi connectivity index (χ3v) is 10.0. The quantitative estimate of drug-likeness (QED) is 0.499. The zero-order chi connectivity index (χ0) is 32.1. The number of piperidine rings is 3. The average Bonchev–Trinajstić information content (AvgIpc) is 3.34. The summed E-state index contributed by atoms with van der Waals surface area (Å²) in [5.41, 5.74) is -0.253. The highest BCUT2D eigenvalue weighted by atomic mass is 19.4. The van der Waals surface area contributed by atoms with Crippen LogP contribution >= 0.6 is 0 Å². The Morgan fingerprint density at radius 2 is 1.76 bits per heavy atom. The maximum Gasteiger partial charge on any atom is 0.416 e. The molecule has 0 saturated carbocycles. The number of rotatable bonds is 4. The Hall–Kier alpha value is -3.97. The molecule has 4 aliphatic rings. The maximum absolute atomic E-state index is 13.3. The SMILES string of the molecule is COC(=O)N1CCC2(CC1)CN(Cc1ccc(C(F)(F)F)cc1)CCC2(O)c1ccc2c(c1)CN(C1CCC(=O)NC1=O)C2=O. The number of alkyl halides is 3. The molecule has 3 saturated heterocycles. The van der Waals surface area contributed by atoms with Crippen LogP contribution in [-0.4, -0.2) is 83.0 Å². The fourth-order valence-electron chi connectivity index (χ4n) is 7.52. The number of methoxy groups -OCH3 is 1. The smallest absolute Gasteiger partial charge is 0.416 e. The first kappa shape index (κ1) is 31.0. The number of nitrogens with one attached hydrogen (secondary N) is 1. The Morgan fingerprint density at radius 3 is 2.40 bits per heavy atom. The molecule has 240 valence electrons. The minimum atomic E-state index is -4.42. The molecular weight excluding hydrogens is 593 g/mol. The molecule has 0 aliphatic carbocycles. The predicted molar refractivity (Wildman–Crippen MR) is 153 cm³/mol. The second kappa shape index (κ2) is 11.4. The van der Waals surface area contributed by atoms with Crippen molar-refractivity contribution in [1.29, 1.82) is 0 Å². The number of benzene rings is 2. The van der Waals surface area contributed by atoms with Crippen molar-refractivity contribution in [3.8, 4) is 0 Å². The van der Waals surface area contributed by atoms with E-state index in [-0.39, 0.29) is 31.2 Å². The maximum atomic E-state index is 13.3. The van der Waals surface area contributed by atoms with Crippen LogP contribution in [0.2, 0.25) is 0 Å². The van der Waals surface area contributed by atoms with E-state index in [9.17, 15) is 37.5 Å². The number of fused-ring (bicyclic) bond motifs is 1. The summed E-state index contributed by atoms with van der Waals surface area (Å²) >= 11 is 0. The van der Waals surface area contributed by atoms with Crippen molar-refractivity contribution in [1.82, 2.24) is 20.0 Å². The van der Waals surface area contributed by atoms with Crippen LogP contribution < -0.4 is 5.32 Å². The van der Waals surface area contributed by atoms with Gasteiger partial charge in [0.2, 0.25) is 11.8 Å². The summed E-state index contributed by atoms with van der Waals surface area (Å²) in [5.74, 6) is -1.16. The number of amides is 4. The zero-order valence-corrected chi connectivity index (χ0v) is 24.9. The first-order valence-corrected chi connectivity index (χ1v) is 15.1. The predicted octanol–water partition coefficient (Wildman–Crippen LogP) is 3.41. The Kier molecular flexibility index (Phi) is 7.88. The summed E-state index contributed by atoms with van der Waals surface area (Å²) in [6, 6.07) is 9.61. The highest BCUT2D eigenvalue weighted by molar-refractivity contribution is 6.05. The van der Waals surface area contributed by atoms with Crippen molar-refractivity contribution in [3.05, 3.63) is 70.3 Å². The summed E-state index contributed by atoms with van der Waals surface area (Å²) in [4.78, 5) is 55.0. The van der Waals surface area contributed by atoms with Crippen LogP contribution in [0.25, 0.3) is 0 Å². The molecule has 0 radical (unpaired) electrons. The van der Waals surface area contributed by atoms with Crippen LogP contribution in [0.4, 0.5) is 18.0 Å². The number of halogens is 3. The normalized spacial score (nSPS) is 25.4. The highest BCUT2D eigenvalue weighted by Crippen LogP contribution is 2.53. The van der Waals surface area contributed by atoms with E-state index in [1.165, 1.54) is 24.1 Å². The van der Waals surface area contributed by atoms with Crippen LogP contribution in [0.15, 0.2) is 42.5 Å². The number of hydrogen-bond acceptors (Lipinski definition) is 7. The van der Waals surface area contributed by atoms with Gasteiger partial charge in [-0.2, -0.15) is 13.2 Å². The molecule has 2 unspecified atom stereocenters. The third-order valence-electron chi connectivity index (χ3n) is 10.0. The average molecular weight is 629 g/mol. The Bertz CT molecular complexity index is 1520. The molecule has 4 aliphatic heterocycles. The van der Waals surface area contributed by atoms with Gasteiger partial charge < -0.3 is 19.6 Å².